The van der Waals surface area contributed by atoms with Gasteiger partial charge in [0, 0.05) is 12.1 Å². The molecule has 0 aliphatic heterocycles. The number of para-hydroxylation sites is 1. The molecule has 0 heterocycles. The molecule has 0 fully saturated rings. The zero-order valence-corrected chi connectivity index (χ0v) is 24.2. The standard InChI is InChI=1S/C30H37N3O5S/c1-22-12-18-27(19-13-22)39(36,37)33(25-10-8-7-9-11-25)21-28(34)32(23(2)29(35)31-30(3,4)5)20-24-14-16-26(38-6)17-15-24/h7-19,23H,20-21H2,1-6H3,(H,31,35)/t23-/m1/s1. The molecule has 1 N–H and O–H groups in total. The van der Waals surface area contributed by atoms with Crippen LogP contribution in [-0.2, 0) is 26.2 Å². The van der Waals surface area contributed by atoms with Crippen molar-refractivity contribution in [2.75, 3.05) is 18.0 Å². The number of carbonyl (C=O) groups excluding carboxylic acids is 2. The van der Waals surface area contributed by atoms with E-state index in [1.165, 1.54) is 17.0 Å². The van der Waals surface area contributed by atoms with Crippen LogP contribution in [0.4, 0.5) is 5.69 Å². The second kappa shape index (κ2) is 12.3. The minimum Gasteiger partial charge on any atom is -0.497 e. The quantitative estimate of drug-likeness (QED) is 0.399. The zero-order valence-electron chi connectivity index (χ0n) is 23.3. The van der Waals surface area contributed by atoms with Gasteiger partial charge in [-0.3, -0.25) is 13.9 Å². The smallest absolute Gasteiger partial charge is 0.264 e. The summed E-state index contributed by atoms with van der Waals surface area (Å²) in [6.07, 6.45) is 0. The van der Waals surface area contributed by atoms with Crippen molar-refractivity contribution in [3.63, 3.8) is 0 Å². The van der Waals surface area contributed by atoms with Crippen molar-refractivity contribution in [3.8, 4) is 5.75 Å². The van der Waals surface area contributed by atoms with Crippen molar-refractivity contribution in [3.05, 3.63) is 90.0 Å². The average molecular weight is 552 g/mol. The molecule has 0 aromatic heterocycles. The molecule has 2 amide bonds. The van der Waals surface area contributed by atoms with Crippen LogP contribution in [-0.4, -0.2) is 50.4 Å². The minimum absolute atomic E-state index is 0.0741. The van der Waals surface area contributed by atoms with Gasteiger partial charge in [-0.25, -0.2) is 8.42 Å². The molecule has 0 spiro atoms. The largest absolute Gasteiger partial charge is 0.497 e. The van der Waals surface area contributed by atoms with Crippen molar-refractivity contribution in [2.24, 2.45) is 0 Å². The highest BCUT2D eigenvalue weighted by Crippen LogP contribution is 2.25. The Labute approximate surface area is 231 Å². The van der Waals surface area contributed by atoms with E-state index in [0.29, 0.717) is 11.4 Å². The van der Waals surface area contributed by atoms with Crippen molar-refractivity contribution in [1.82, 2.24) is 10.2 Å². The van der Waals surface area contributed by atoms with Gasteiger partial charge in [-0.15, -0.1) is 0 Å². The second-order valence-electron chi connectivity index (χ2n) is 10.4. The number of nitrogens with one attached hydrogen (secondary N) is 1. The van der Waals surface area contributed by atoms with E-state index in [4.69, 9.17) is 4.74 Å². The maximum absolute atomic E-state index is 13.9. The Morgan fingerprint density at radius 1 is 0.923 bits per heavy atom. The predicted octanol–water partition coefficient (Wildman–Crippen LogP) is 4.53. The fourth-order valence-electron chi connectivity index (χ4n) is 3.94. The number of carbonyl (C=O) groups is 2. The van der Waals surface area contributed by atoms with Crippen LogP contribution in [0.3, 0.4) is 0 Å². The zero-order chi connectivity index (χ0) is 28.8. The number of nitrogens with zero attached hydrogens (tertiary/aromatic N) is 2. The number of ether oxygens (including phenoxy) is 1. The first-order valence-corrected chi connectivity index (χ1v) is 14.1. The lowest BCUT2D eigenvalue weighted by atomic mass is 10.1. The molecule has 3 aromatic carbocycles. The van der Waals surface area contributed by atoms with E-state index in [1.54, 1.807) is 68.6 Å². The molecule has 0 saturated heterocycles. The molecule has 1 atom stereocenters. The molecular formula is C30H37N3O5S. The molecular weight excluding hydrogens is 514 g/mol. The second-order valence-corrected chi connectivity index (χ2v) is 12.3. The van der Waals surface area contributed by atoms with E-state index in [0.717, 1.165) is 15.4 Å². The summed E-state index contributed by atoms with van der Waals surface area (Å²) in [6, 6.07) is 21.3. The number of sulfonamides is 1. The van der Waals surface area contributed by atoms with Crippen molar-refractivity contribution in [1.29, 1.82) is 0 Å². The van der Waals surface area contributed by atoms with E-state index >= 15 is 0 Å². The molecule has 0 radical (unpaired) electrons. The van der Waals surface area contributed by atoms with Gasteiger partial charge in [0.25, 0.3) is 10.0 Å². The summed E-state index contributed by atoms with van der Waals surface area (Å²) >= 11 is 0. The Balaban J connectivity index is 2.00. The summed E-state index contributed by atoms with van der Waals surface area (Å²) in [5.41, 5.74) is 1.53. The summed E-state index contributed by atoms with van der Waals surface area (Å²) in [6.45, 7) is 8.72. The fourth-order valence-corrected chi connectivity index (χ4v) is 5.36. The summed E-state index contributed by atoms with van der Waals surface area (Å²) in [7, 11) is -2.52. The molecule has 0 aliphatic rings. The Morgan fingerprint density at radius 2 is 1.51 bits per heavy atom. The molecule has 208 valence electrons. The first kappa shape index (κ1) is 29.7. The van der Waals surface area contributed by atoms with Gasteiger partial charge in [0.1, 0.15) is 18.3 Å². The highest BCUT2D eigenvalue weighted by Gasteiger charge is 2.33. The van der Waals surface area contributed by atoms with Crippen molar-refractivity contribution < 1.29 is 22.7 Å². The number of hydrogen-bond donors (Lipinski definition) is 1. The van der Waals surface area contributed by atoms with Crippen LogP contribution >= 0.6 is 0 Å². The van der Waals surface area contributed by atoms with Crippen LogP contribution in [0.15, 0.2) is 83.8 Å². The fraction of sp³-hybridized carbons (Fsp3) is 0.333. The topological polar surface area (TPSA) is 96.0 Å². The minimum atomic E-state index is -4.09. The van der Waals surface area contributed by atoms with Gasteiger partial charge in [-0.2, -0.15) is 0 Å². The molecule has 0 aliphatic carbocycles. The van der Waals surface area contributed by atoms with Crippen LogP contribution in [0.5, 0.6) is 5.75 Å². The van der Waals surface area contributed by atoms with Crippen molar-refractivity contribution in [2.45, 2.75) is 57.6 Å². The van der Waals surface area contributed by atoms with Gasteiger partial charge in [0.15, 0.2) is 0 Å². The highest BCUT2D eigenvalue weighted by atomic mass is 32.2. The lowest BCUT2D eigenvalue weighted by Crippen LogP contribution is -2.54. The number of methoxy groups -OCH3 is 1. The van der Waals surface area contributed by atoms with E-state index in [2.05, 4.69) is 5.32 Å². The summed E-state index contributed by atoms with van der Waals surface area (Å²) in [4.78, 5) is 28.5. The molecule has 3 rings (SSSR count). The van der Waals surface area contributed by atoms with Crippen LogP contribution in [0, 0.1) is 6.92 Å². The van der Waals surface area contributed by atoms with E-state index < -0.39 is 34.1 Å². The molecule has 8 nitrogen and oxygen atoms in total. The van der Waals surface area contributed by atoms with Crippen LogP contribution in [0.25, 0.3) is 0 Å². The normalized spacial score (nSPS) is 12.4. The van der Waals surface area contributed by atoms with Gasteiger partial charge >= 0.3 is 0 Å². The monoisotopic (exact) mass is 551 g/mol. The Kier molecular flexibility index (Phi) is 9.40. The first-order chi connectivity index (χ1) is 18.3. The van der Waals surface area contributed by atoms with E-state index in [1.807, 2.05) is 39.8 Å². The van der Waals surface area contributed by atoms with Gasteiger partial charge < -0.3 is 15.0 Å². The number of rotatable bonds is 10. The number of aryl methyl sites for hydroxylation is 1. The van der Waals surface area contributed by atoms with Crippen LogP contribution < -0.4 is 14.4 Å². The van der Waals surface area contributed by atoms with Crippen molar-refractivity contribution >= 4 is 27.5 Å². The van der Waals surface area contributed by atoms with E-state index in [-0.39, 0.29) is 17.3 Å². The Hall–Kier alpha value is -3.85. The number of anilines is 1. The van der Waals surface area contributed by atoms with Gasteiger partial charge in [-0.05, 0) is 76.6 Å². The van der Waals surface area contributed by atoms with E-state index in [9.17, 15) is 18.0 Å². The number of amides is 2. The molecule has 3 aromatic rings. The molecule has 0 saturated carbocycles. The average Bonchev–Trinajstić information content (AvgIpc) is 2.90. The third-order valence-electron chi connectivity index (χ3n) is 6.11. The number of hydrogen-bond acceptors (Lipinski definition) is 5. The van der Waals surface area contributed by atoms with Gasteiger partial charge in [0.05, 0.1) is 17.7 Å². The third-order valence-corrected chi connectivity index (χ3v) is 7.90. The maximum Gasteiger partial charge on any atom is 0.264 e. The lowest BCUT2D eigenvalue weighted by Gasteiger charge is -2.33. The Morgan fingerprint density at radius 3 is 2.05 bits per heavy atom. The predicted molar refractivity (Wildman–Crippen MR) is 153 cm³/mol. The van der Waals surface area contributed by atoms with Gasteiger partial charge in [-0.1, -0.05) is 48.0 Å². The molecule has 39 heavy (non-hydrogen) atoms. The number of benzene rings is 3. The third kappa shape index (κ3) is 7.83. The Bertz CT molecular complexity index is 1370. The lowest BCUT2D eigenvalue weighted by molar-refractivity contribution is -0.140. The van der Waals surface area contributed by atoms with Crippen LogP contribution in [0.1, 0.15) is 38.8 Å². The summed E-state index contributed by atoms with van der Waals surface area (Å²) in [5, 5.41) is 2.92. The SMILES string of the molecule is COc1ccc(CN(C(=O)CN(c2ccccc2)S(=O)(=O)c2ccc(C)cc2)[C@H](C)C(=O)NC(C)(C)C)cc1. The van der Waals surface area contributed by atoms with Gasteiger partial charge in [0.2, 0.25) is 11.8 Å². The molecule has 0 bridgehead atoms. The molecule has 0 unspecified atom stereocenters. The van der Waals surface area contributed by atoms with Crippen LogP contribution in [0.2, 0.25) is 0 Å². The molecule has 9 heteroatoms. The highest BCUT2D eigenvalue weighted by molar-refractivity contribution is 7.92. The summed E-state index contributed by atoms with van der Waals surface area (Å²) < 4.78 is 33.9. The maximum atomic E-state index is 13.9. The first-order valence-electron chi connectivity index (χ1n) is 12.7. The summed E-state index contributed by atoms with van der Waals surface area (Å²) in [5.74, 6) is -0.187.